The van der Waals surface area contributed by atoms with E-state index in [2.05, 4.69) is 37.6 Å². The molecule has 9 nitrogen and oxygen atoms in total. The maximum Gasteiger partial charge on any atom is 0.229 e. The minimum atomic E-state index is -0.337. The molecule has 2 amide bonds. The number of anilines is 4. The van der Waals surface area contributed by atoms with Gasteiger partial charge in [0.25, 0.3) is 0 Å². The molecule has 0 atom stereocenters. The van der Waals surface area contributed by atoms with Gasteiger partial charge in [0.15, 0.2) is 0 Å². The van der Waals surface area contributed by atoms with Gasteiger partial charge in [-0.3, -0.25) is 9.59 Å². The average molecular weight is 506 g/mol. The molecule has 1 aromatic carbocycles. The summed E-state index contributed by atoms with van der Waals surface area (Å²) in [4.78, 5) is 40.8. The van der Waals surface area contributed by atoms with Crippen LogP contribution in [0.1, 0.15) is 45.6 Å². The third kappa shape index (κ3) is 5.22. The first-order valence-electron chi connectivity index (χ1n) is 13.4. The lowest BCUT2D eigenvalue weighted by Gasteiger charge is -2.38. The zero-order chi connectivity index (χ0) is 26.2. The van der Waals surface area contributed by atoms with Gasteiger partial charge in [-0.25, -0.2) is 4.98 Å². The quantitative estimate of drug-likeness (QED) is 0.658. The maximum absolute atomic E-state index is 12.6. The zero-order valence-electron chi connectivity index (χ0n) is 22.5. The fourth-order valence-electron chi connectivity index (χ4n) is 5.68. The lowest BCUT2D eigenvalue weighted by atomic mass is 9.77. The summed E-state index contributed by atoms with van der Waals surface area (Å²) in [6.07, 6.45) is 4.54. The SMILES string of the molecule is Cc1cnc(Nc2ccc(N3CCN(C(=O)C(C)(C)C)CC3)cc2)nc1N1CCC2(CCNC2=O)CC1. The molecule has 4 heterocycles. The molecule has 9 heteroatoms. The van der Waals surface area contributed by atoms with Crippen LogP contribution in [0.2, 0.25) is 0 Å². The Morgan fingerprint density at radius 1 is 0.973 bits per heavy atom. The van der Waals surface area contributed by atoms with E-state index in [-0.39, 0.29) is 22.6 Å². The number of benzene rings is 1. The number of nitrogens with zero attached hydrogens (tertiary/aromatic N) is 5. The Balaban J connectivity index is 1.19. The van der Waals surface area contributed by atoms with Crippen molar-refractivity contribution in [1.29, 1.82) is 0 Å². The predicted octanol–water partition coefficient (Wildman–Crippen LogP) is 3.33. The van der Waals surface area contributed by atoms with Gasteiger partial charge >= 0.3 is 0 Å². The Labute approximate surface area is 219 Å². The molecule has 5 rings (SSSR count). The van der Waals surface area contributed by atoms with E-state index in [9.17, 15) is 9.59 Å². The molecular weight excluding hydrogens is 466 g/mol. The second-order valence-corrected chi connectivity index (χ2v) is 11.7. The minimum absolute atomic E-state index is 0.185. The summed E-state index contributed by atoms with van der Waals surface area (Å²) >= 11 is 0. The van der Waals surface area contributed by atoms with Gasteiger partial charge in [0.2, 0.25) is 17.8 Å². The van der Waals surface area contributed by atoms with E-state index in [4.69, 9.17) is 4.98 Å². The molecule has 2 N–H and O–H groups in total. The Hall–Kier alpha value is -3.36. The third-order valence-electron chi connectivity index (χ3n) is 8.03. The molecule has 2 aromatic rings. The summed E-state index contributed by atoms with van der Waals surface area (Å²) in [5.41, 5.74) is 2.60. The van der Waals surface area contributed by atoms with Gasteiger partial charge in [0.1, 0.15) is 5.82 Å². The monoisotopic (exact) mass is 505 g/mol. The molecule has 0 aliphatic carbocycles. The highest BCUT2D eigenvalue weighted by atomic mass is 16.2. The molecule has 3 saturated heterocycles. The number of aryl methyl sites for hydroxylation is 1. The number of hydrogen-bond donors (Lipinski definition) is 2. The van der Waals surface area contributed by atoms with Crippen LogP contribution >= 0.6 is 0 Å². The van der Waals surface area contributed by atoms with Crippen LogP contribution in [0, 0.1) is 17.8 Å². The molecule has 0 radical (unpaired) electrons. The molecule has 1 spiro atoms. The molecule has 3 aliphatic rings. The van der Waals surface area contributed by atoms with Gasteiger partial charge in [0.05, 0.1) is 5.41 Å². The molecule has 0 unspecified atom stereocenters. The van der Waals surface area contributed by atoms with Gasteiger partial charge in [-0.15, -0.1) is 0 Å². The topological polar surface area (TPSA) is 93.7 Å². The summed E-state index contributed by atoms with van der Waals surface area (Å²) in [7, 11) is 0. The van der Waals surface area contributed by atoms with Crippen LogP contribution in [0.3, 0.4) is 0 Å². The minimum Gasteiger partial charge on any atom is -0.368 e. The van der Waals surface area contributed by atoms with Gasteiger partial charge < -0.3 is 25.3 Å². The van der Waals surface area contributed by atoms with Gasteiger partial charge in [-0.1, -0.05) is 20.8 Å². The van der Waals surface area contributed by atoms with Crippen molar-refractivity contribution in [1.82, 2.24) is 20.2 Å². The van der Waals surface area contributed by atoms with Crippen molar-refractivity contribution in [2.75, 3.05) is 60.9 Å². The van der Waals surface area contributed by atoms with Crippen molar-refractivity contribution in [3.8, 4) is 0 Å². The standard InChI is InChI=1S/C28H39N7O2/c1-20-19-30-26(32-23(20)34-13-10-28(11-14-34)9-12-29-24(28)36)31-21-5-7-22(8-6-21)33-15-17-35(18-16-33)25(37)27(2,3)4/h5-8,19H,9-18H2,1-4H3,(H,29,36)(H,30,31,32). The summed E-state index contributed by atoms with van der Waals surface area (Å²) in [5, 5.41) is 6.36. The third-order valence-corrected chi connectivity index (χ3v) is 8.03. The fourth-order valence-corrected chi connectivity index (χ4v) is 5.68. The van der Waals surface area contributed by atoms with E-state index >= 15 is 0 Å². The number of amides is 2. The fraction of sp³-hybridized carbons (Fsp3) is 0.571. The second kappa shape index (κ2) is 9.84. The predicted molar refractivity (Wildman–Crippen MR) is 146 cm³/mol. The van der Waals surface area contributed by atoms with Crippen molar-refractivity contribution in [3.63, 3.8) is 0 Å². The molecule has 37 heavy (non-hydrogen) atoms. The van der Waals surface area contributed by atoms with Crippen molar-refractivity contribution in [2.45, 2.75) is 47.0 Å². The number of hydrogen-bond acceptors (Lipinski definition) is 7. The van der Waals surface area contributed by atoms with Crippen molar-refractivity contribution < 1.29 is 9.59 Å². The first kappa shape index (κ1) is 25.3. The van der Waals surface area contributed by atoms with E-state index in [1.807, 2.05) is 50.9 Å². The van der Waals surface area contributed by atoms with Crippen LogP contribution in [-0.2, 0) is 9.59 Å². The van der Waals surface area contributed by atoms with Crippen LogP contribution in [-0.4, -0.2) is 72.5 Å². The van der Waals surface area contributed by atoms with Crippen LogP contribution in [0.15, 0.2) is 30.5 Å². The molecule has 3 aliphatic heterocycles. The maximum atomic E-state index is 12.6. The highest BCUT2D eigenvalue weighted by molar-refractivity contribution is 5.85. The number of piperidine rings is 1. The molecule has 1 aromatic heterocycles. The van der Waals surface area contributed by atoms with E-state index in [1.165, 1.54) is 0 Å². The van der Waals surface area contributed by atoms with E-state index in [1.54, 1.807) is 0 Å². The number of aromatic nitrogens is 2. The van der Waals surface area contributed by atoms with Crippen molar-refractivity contribution >= 4 is 35.0 Å². The lowest BCUT2D eigenvalue weighted by molar-refractivity contribution is -0.139. The van der Waals surface area contributed by atoms with Gasteiger partial charge in [-0.2, -0.15) is 4.98 Å². The molecule has 0 saturated carbocycles. The van der Waals surface area contributed by atoms with Crippen LogP contribution < -0.4 is 20.4 Å². The van der Waals surface area contributed by atoms with Crippen molar-refractivity contribution in [2.24, 2.45) is 10.8 Å². The first-order chi connectivity index (χ1) is 17.6. The first-order valence-corrected chi connectivity index (χ1v) is 13.4. The highest BCUT2D eigenvalue weighted by Gasteiger charge is 2.44. The zero-order valence-corrected chi connectivity index (χ0v) is 22.5. The summed E-state index contributed by atoms with van der Waals surface area (Å²) in [6, 6.07) is 8.31. The summed E-state index contributed by atoms with van der Waals surface area (Å²) < 4.78 is 0. The van der Waals surface area contributed by atoms with Gasteiger partial charge in [-0.05, 0) is 50.5 Å². The van der Waals surface area contributed by atoms with E-state index < -0.39 is 0 Å². The van der Waals surface area contributed by atoms with Crippen LogP contribution in [0.5, 0.6) is 0 Å². The number of nitrogens with one attached hydrogen (secondary N) is 2. The van der Waals surface area contributed by atoms with Crippen LogP contribution in [0.4, 0.5) is 23.1 Å². The van der Waals surface area contributed by atoms with Gasteiger partial charge in [0, 0.05) is 74.4 Å². The second-order valence-electron chi connectivity index (χ2n) is 11.7. The van der Waals surface area contributed by atoms with E-state index in [0.717, 1.165) is 87.8 Å². The molecular formula is C28H39N7O2. The summed E-state index contributed by atoms with van der Waals surface area (Å²) in [5.74, 6) is 1.95. The van der Waals surface area contributed by atoms with Crippen LogP contribution in [0.25, 0.3) is 0 Å². The Kier molecular flexibility index (Phi) is 6.72. The Morgan fingerprint density at radius 2 is 1.65 bits per heavy atom. The molecule has 0 bridgehead atoms. The highest BCUT2D eigenvalue weighted by Crippen LogP contribution is 2.39. The lowest BCUT2D eigenvalue weighted by Crippen LogP contribution is -2.51. The normalized spacial score (nSPS) is 19.8. The Bertz CT molecular complexity index is 1140. The number of carbonyl (C=O) groups is 2. The molecule has 3 fully saturated rings. The number of carbonyl (C=O) groups excluding carboxylic acids is 2. The molecule has 198 valence electrons. The summed E-state index contributed by atoms with van der Waals surface area (Å²) in [6.45, 7) is 13.6. The van der Waals surface area contributed by atoms with Crippen molar-refractivity contribution in [3.05, 3.63) is 36.0 Å². The van der Waals surface area contributed by atoms with E-state index in [0.29, 0.717) is 5.95 Å². The number of piperazine rings is 1. The number of rotatable bonds is 4. The smallest absolute Gasteiger partial charge is 0.229 e. The Morgan fingerprint density at radius 3 is 2.24 bits per heavy atom. The average Bonchev–Trinajstić information content (AvgIpc) is 3.24. The largest absolute Gasteiger partial charge is 0.368 e.